The molecule has 0 bridgehead atoms. The Balaban J connectivity index is 1.58. The predicted octanol–water partition coefficient (Wildman–Crippen LogP) is 3.26. The fourth-order valence-corrected chi connectivity index (χ4v) is 3.15. The second kappa shape index (κ2) is 8.95. The molecule has 0 aliphatic rings. The number of benzene rings is 2. The number of para-hydroxylation sites is 2. The Morgan fingerprint density at radius 2 is 1.81 bits per heavy atom. The molecule has 0 saturated carbocycles. The predicted molar refractivity (Wildman–Crippen MR) is 105 cm³/mol. The van der Waals surface area contributed by atoms with Gasteiger partial charge in [-0.3, -0.25) is 9.59 Å². The number of nitrogens with one attached hydrogen (secondary N) is 2. The highest BCUT2D eigenvalue weighted by Gasteiger charge is 2.13. The van der Waals surface area contributed by atoms with Crippen LogP contribution in [0.15, 0.2) is 60.0 Å². The van der Waals surface area contributed by atoms with E-state index in [4.69, 9.17) is 4.74 Å². The van der Waals surface area contributed by atoms with Crippen molar-refractivity contribution in [1.82, 2.24) is 10.3 Å². The summed E-state index contributed by atoms with van der Waals surface area (Å²) in [7, 11) is 1.55. The van der Waals surface area contributed by atoms with E-state index in [-0.39, 0.29) is 18.2 Å². The summed E-state index contributed by atoms with van der Waals surface area (Å²) in [6, 6.07) is 16.4. The maximum absolute atomic E-state index is 12.3. The summed E-state index contributed by atoms with van der Waals surface area (Å²) in [4.78, 5) is 28.6. The Morgan fingerprint density at radius 1 is 1.07 bits per heavy atom. The van der Waals surface area contributed by atoms with Crippen LogP contribution in [0, 0.1) is 0 Å². The number of thiazole rings is 1. The first kappa shape index (κ1) is 18.6. The molecule has 0 fully saturated rings. The van der Waals surface area contributed by atoms with Crippen LogP contribution in [0.25, 0.3) is 0 Å². The van der Waals surface area contributed by atoms with Gasteiger partial charge in [0.15, 0.2) is 0 Å². The van der Waals surface area contributed by atoms with Crippen LogP contribution in [0.5, 0.6) is 5.75 Å². The number of carbonyl (C=O) groups excluding carboxylic acids is 2. The lowest BCUT2D eigenvalue weighted by atomic mass is 10.1. The lowest BCUT2D eigenvalue weighted by Crippen LogP contribution is -2.22. The van der Waals surface area contributed by atoms with Gasteiger partial charge < -0.3 is 15.4 Å². The molecule has 0 radical (unpaired) electrons. The van der Waals surface area contributed by atoms with Crippen molar-refractivity contribution in [3.8, 4) is 5.75 Å². The average Bonchev–Trinajstić information content (AvgIpc) is 3.14. The van der Waals surface area contributed by atoms with Gasteiger partial charge in [0.25, 0.3) is 5.91 Å². The molecule has 0 atom stereocenters. The highest BCUT2D eigenvalue weighted by molar-refractivity contribution is 7.09. The van der Waals surface area contributed by atoms with Crippen LogP contribution in [0.2, 0.25) is 0 Å². The van der Waals surface area contributed by atoms with Crippen molar-refractivity contribution in [2.45, 2.75) is 13.0 Å². The lowest BCUT2D eigenvalue weighted by molar-refractivity contribution is -0.115. The molecule has 0 aliphatic heterocycles. The topological polar surface area (TPSA) is 80.3 Å². The van der Waals surface area contributed by atoms with Crippen LogP contribution in [-0.2, 0) is 17.8 Å². The van der Waals surface area contributed by atoms with E-state index >= 15 is 0 Å². The minimum absolute atomic E-state index is 0.129. The molecule has 2 amide bonds. The van der Waals surface area contributed by atoms with E-state index in [1.807, 2.05) is 35.7 Å². The van der Waals surface area contributed by atoms with Gasteiger partial charge in [-0.1, -0.05) is 30.3 Å². The Morgan fingerprint density at radius 3 is 2.59 bits per heavy atom. The van der Waals surface area contributed by atoms with Crippen molar-refractivity contribution in [2.24, 2.45) is 0 Å². The molecule has 2 aromatic carbocycles. The normalized spacial score (nSPS) is 10.3. The van der Waals surface area contributed by atoms with E-state index < -0.39 is 0 Å². The third-order valence-electron chi connectivity index (χ3n) is 3.72. The molecular weight excluding hydrogens is 362 g/mol. The van der Waals surface area contributed by atoms with Crippen molar-refractivity contribution in [1.29, 1.82) is 0 Å². The zero-order chi connectivity index (χ0) is 19.1. The third-order valence-corrected chi connectivity index (χ3v) is 4.59. The molecule has 1 aromatic heterocycles. The fraction of sp³-hybridized carbons (Fsp3) is 0.150. The van der Waals surface area contributed by atoms with E-state index in [1.165, 1.54) is 11.3 Å². The van der Waals surface area contributed by atoms with Gasteiger partial charge in [-0.15, -0.1) is 11.3 Å². The van der Waals surface area contributed by atoms with Crippen LogP contribution >= 0.6 is 11.3 Å². The standard InChI is InChI=1S/C20H19N3O3S/c1-21-20(25)16-9-5-6-10-17(16)23-18(24)11-14-13-27-19(22-14)12-26-15-7-3-2-4-8-15/h2-10,13H,11-12H2,1H3,(H,21,25)(H,23,24). The molecule has 0 unspecified atom stereocenters. The summed E-state index contributed by atoms with van der Waals surface area (Å²) < 4.78 is 5.66. The fourth-order valence-electron chi connectivity index (χ4n) is 2.44. The van der Waals surface area contributed by atoms with Crippen LogP contribution in [0.1, 0.15) is 21.1 Å². The molecule has 1 heterocycles. The zero-order valence-electron chi connectivity index (χ0n) is 14.8. The number of rotatable bonds is 7. The molecule has 3 rings (SSSR count). The van der Waals surface area contributed by atoms with Crippen LogP contribution in [0.3, 0.4) is 0 Å². The number of hydrogen-bond donors (Lipinski definition) is 2. The van der Waals surface area contributed by atoms with E-state index in [0.29, 0.717) is 23.6 Å². The van der Waals surface area contributed by atoms with Gasteiger partial charge >= 0.3 is 0 Å². The zero-order valence-corrected chi connectivity index (χ0v) is 15.6. The molecule has 138 valence electrons. The summed E-state index contributed by atoms with van der Waals surface area (Å²) in [5.41, 5.74) is 1.56. The maximum atomic E-state index is 12.3. The van der Waals surface area contributed by atoms with Gasteiger partial charge in [0.05, 0.1) is 23.4 Å². The highest BCUT2D eigenvalue weighted by Crippen LogP contribution is 2.17. The number of nitrogens with zero attached hydrogens (tertiary/aromatic N) is 1. The van der Waals surface area contributed by atoms with E-state index in [1.54, 1.807) is 31.3 Å². The first-order chi connectivity index (χ1) is 13.2. The van der Waals surface area contributed by atoms with Gasteiger partial charge in [0, 0.05) is 12.4 Å². The number of aromatic nitrogens is 1. The molecule has 0 saturated heterocycles. The van der Waals surface area contributed by atoms with Crippen LogP contribution in [0.4, 0.5) is 5.69 Å². The Hall–Kier alpha value is -3.19. The summed E-state index contributed by atoms with van der Waals surface area (Å²) in [6.07, 6.45) is 0.129. The minimum atomic E-state index is -0.250. The lowest BCUT2D eigenvalue weighted by Gasteiger charge is -2.09. The second-order valence-corrected chi connectivity index (χ2v) is 6.63. The molecular formula is C20H19N3O3S. The number of anilines is 1. The minimum Gasteiger partial charge on any atom is -0.486 e. The average molecular weight is 381 g/mol. The van der Waals surface area contributed by atoms with Gasteiger partial charge in [-0.05, 0) is 24.3 Å². The summed E-state index contributed by atoms with van der Waals surface area (Å²) in [6.45, 7) is 0.357. The maximum Gasteiger partial charge on any atom is 0.253 e. The number of carbonyl (C=O) groups is 2. The Bertz CT molecular complexity index is 925. The largest absolute Gasteiger partial charge is 0.486 e. The number of hydrogen-bond acceptors (Lipinski definition) is 5. The van der Waals surface area contributed by atoms with Crippen molar-refractivity contribution in [3.05, 3.63) is 76.2 Å². The summed E-state index contributed by atoms with van der Waals surface area (Å²) in [5.74, 6) is 0.296. The summed E-state index contributed by atoms with van der Waals surface area (Å²) >= 11 is 1.45. The van der Waals surface area contributed by atoms with E-state index in [0.717, 1.165) is 10.8 Å². The Labute approximate surface area is 161 Å². The molecule has 6 nitrogen and oxygen atoms in total. The van der Waals surface area contributed by atoms with E-state index in [9.17, 15) is 9.59 Å². The number of ether oxygens (including phenoxy) is 1. The Kier molecular flexibility index (Phi) is 6.17. The molecule has 0 spiro atoms. The molecule has 3 aromatic rings. The molecule has 0 aliphatic carbocycles. The SMILES string of the molecule is CNC(=O)c1ccccc1NC(=O)Cc1csc(COc2ccccc2)n1. The summed E-state index contributed by atoms with van der Waals surface area (Å²) in [5, 5.41) is 7.98. The smallest absolute Gasteiger partial charge is 0.253 e. The molecule has 7 heteroatoms. The molecule has 27 heavy (non-hydrogen) atoms. The second-order valence-electron chi connectivity index (χ2n) is 5.68. The van der Waals surface area contributed by atoms with Crippen molar-refractivity contribution >= 4 is 28.8 Å². The van der Waals surface area contributed by atoms with Crippen molar-refractivity contribution in [2.75, 3.05) is 12.4 Å². The van der Waals surface area contributed by atoms with Gasteiger partial charge in [-0.25, -0.2) is 4.98 Å². The first-order valence-electron chi connectivity index (χ1n) is 8.38. The number of amides is 2. The quantitative estimate of drug-likeness (QED) is 0.658. The van der Waals surface area contributed by atoms with Gasteiger partial charge in [0.1, 0.15) is 17.4 Å². The monoisotopic (exact) mass is 381 g/mol. The third kappa shape index (κ3) is 5.15. The van der Waals surface area contributed by atoms with E-state index in [2.05, 4.69) is 15.6 Å². The van der Waals surface area contributed by atoms with Gasteiger partial charge in [-0.2, -0.15) is 0 Å². The van der Waals surface area contributed by atoms with Crippen molar-refractivity contribution in [3.63, 3.8) is 0 Å². The molecule has 2 N–H and O–H groups in total. The van der Waals surface area contributed by atoms with Crippen LogP contribution < -0.4 is 15.4 Å². The first-order valence-corrected chi connectivity index (χ1v) is 9.26. The highest BCUT2D eigenvalue weighted by atomic mass is 32.1. The van der Waals surface area contributed by atoms with Crippen LogP contribution in [-0.4, -0.2) is 23.8 Å². The van der Waals surface area contributed by atoms with Crippen molar-refractivity contribution < 1.29 is 14.3 Å². The van der Waals surface area contributed by atoms with Gasteiger partial charge in [0.2, 0.25) is 5.91 Å².